The number of sulfonamides is 1. The Labute approximate surface area is 211 Å². The Kier molecular flexibility index (Phi) is 9.05. The number of rotatable bonds is 9. The average Bonchev–Trinajstić information content (AvgIpc) is 2.84. The van der Waals surface area contributed by atoms with Gasteiger partial charge in [-0.05, 0) is 48.7 Å². The molecule has 1 heterocycles. The molecular weight excluding hydrogens is 484 g/mol. The van der Waals surface area contributed by atoms with Crippen LogP contribution < -0.4 is 20.7 Å². The fourth-order valence-corrected chi connectivity index (χ4v) is 5.62. The van der Waals surface area contributed by atoms with Gasteiger partial charge >= 0.3 is 0 Å². The lowest BCUT2D eigenvalue weighted by Crippen LogP contribution is -2.53. The van der Waals surface area contributed by atoms with E-state index in [2.05, 4.69) is 16.0 Å². The summed E-state index contributed by atoms with van der Waals surface area (Å²) in [6.45, 7) is 3.23. The van der Waals surface area contributed by atoms with E-state index in [0.29, 0.717) is 24.3 Å². The third-order valence-electron chi connectivity index (χ3n) is 5.92. The van der Waals surface area contributed by atoms with Crippen LogP contribution in [0, 0.1) is 0 Å². The topological polar surface area (TPSA) is 134 Å². The van der Waals surface area contributed by atoms with Crippen molar-refractivity contribution in [2.45, 2.75) is 50.1 Å². The zero-order valence-electron chi connectivity index (χ0n) is 20.6. The van der Waals surface area contributed by atoms with Crippen LogP contribution in [0.5, 0.6) is 5.75 Å². The van der Waals surface area contributed by atoms with Crippen LogP contribution in [-0.2, 0) is 30.8 Å². The van der Waals surface area contributed by atoms with Gasteiger partial charge in [0.2, 0.25) is 27.7 Å². The van der Waals surface area contributed by atoms with E-state index in [-0.39, 0.29) is 48.2 Å². The van der Waals surface area contributed by atoms with Gasteiger partial charge in [-0.3, -0.25) is 14.4 Å². The highest BCUT2D eigenvalue weighted by Crippen LogP contribution is 2.23. The monoisotopic (exact) mass is 516 g/mol. The summed E-state index contributed by atoms with van der Waals surface area (Å²) in [7, 11) is -2.16. The number of hydrogen-bond donors (Lipinski definition) is 3. The number of para-hydroxylation sites is 1. The highest BCUT2D eigenvalue weighted by Gasteiger charge is 2.31. The second-order valence-corrected chi connectivity index (χ2v) is 10.6. The molecule has 1 atom stereocenters. The summed E-state index contributed by atoms with van der Waals surface area (Å²) < 4.78 is 32.8. The van der Waals surface area contributed by atoms with E-state index >= 15 is 0 Å². The van der Waals surface area contributed by atoms with Crippen LogP contribution in [0.15, 0.2) is 53.4 Å². The van der Waals surface area contributed by atoms with Gasteiger partial charge in [0, 0.05) is 45.1 Å². The Morgan fingerprint density at radius 3 is 2.22 bits per heavy atom. The number of benzene rings is 2. The SMILES string of the molecule is COc1ccccc1C[C@H](NC(C)=O)C(=O)NC1CCN(S(=O)(=O)c2ccc(NC(C)=O)cc2)CC1. The summed E-state index contributed by atoms with van der Waals surface area (Å²) in [4.78, 5) is 36.1. The van der Waals surface area contributed by atoms with E-state index in [0.717, 1.165) is 5.56 Å². The standard InChI is InChI=1S/C25H32N4O6S/c1-17(30)26-20-8-10-22(11-9-20)36(33,34)29-14-12-21(13-15-29)28-25(32)23(27-18(2)31)16-19-6-4-5-7-24(19)35-3/h4-11,21,23H,12-16H2,1-3H3,(H,26,30)(H,27,31)(H,28,32)/t23-/m0/s1. The molecule has 1 aliphatic heterocycles. The summed E-state index contributed by atoms with van der Waals surface area (Å²) in [6, 6.07) is 12.3. The largest absolute Gasteiger partial charge is 0.496 e. The molecular formula is C25H32N4O6S. The lowest BCUT2D eigenvalue weighted by atomic mass is 10.0. The van der Waals surface area contributed by atoms with Gasteiger partial charge in [-0.25, -0.2) is 8.42 Å². The second kappa shape index (κ2) is 12.0. The van der Waals surface area contributed by atoms with Crippen molar-refractivity contribution in [3.63, 3.8) is 0 Å². The zero-order chi connectivity index (χ0) is 26.3. The fraction of sp³-hybridized carbons (Fsp3) is 0.400. The molecule has 11 heteroatoms. The van der Waals surface area contributed by atoms with Crippen LogP contribution in [0.2, 0.25) is 0 Å². The molecule has 3 amide bonds. The van der Waals surface area contributed by atoms with Gasteiger partial charge in [-0.15, -0.1) is 0 Å². The first-order chi connectivity index (χ1) is 17.1. The number of ether oxygens (including phenoxy) is 1. The first-order valence-corrected chi connectivity index (χ1v) is 13.1. The number of carbonyl (C=O) groups excluding carboxylic acids is 3. The molecule has 0 radical (unpaired) electrons. The van der Waals surface area contributed by atoms with E-state index in [1.807, 2.05) is 18.2 Å². The molecule has 2 aromatic carbocycles. The molecule has 0 saturated carbocycles. The first-order valence-electron chi connectivity index (χ1n) is 11.7. The molecule has 10 nitrogen and oxygen atoms in total. The van der Waals surface area contributed by atoms with E-state index in [1.165, 1.54) is 30.3 Å². The smallest absolute Gasteiger partial charge is 0.243 e. The first kappa shape index (κ1) is 27.2. The van der Waals surface area contributed by atoms with Crippen LogP contribution in [-0.4, -0.2) is 62.7 Å². The van der Waals surface area contributed by atoms with Gasteiger partial charge in [0.25, 0.3) is 0 Å². The third-order valence-corrected chi connectivity index (χ3v) is 7.84. The molecule has 0 unspecified atom stereocenters. The zero-order valence-corrected chi connectivity index (χ0v) is 21.4. The molecule has 0 aromatic heterocycles. The van der Waals surface area contributed by atoms with E-state index < -0.39 is 16.1 Å². The molecule has 36 heavy (non-hydrogen) atoms. The third kappa shape index (κ3) is 7.05. The van der Waals surface area contributed by atoms with Gasteiger partial charge in [0.1, 0.15) is 11.8 Å². The maximum Gasteiger partial charge on any atom is 0.243 e. The molecule has 0 spiro atoms. The molecule has 194 valence electrons. The Morgan fingerprint density at radius 2 is 1.64 bits per heavy atom. The molecule has 0 bridgehead atoms. The number of methoxy groups -OCH3 is 1. The van der Waals surface area contributed by atoms with Gasteiger partial charge in [-0.2, -0.15) is 4.31 Å². The average molecular weight is 517 g/mol. The van der Waals surface area contributed by atoms with Crippen LogP contribution in [0.1, 0.15) is 32.3 Å². The summed E-state index contributed by atoms with van der Waals surface area (Å²) in [5.41, 5.74) is 1.31. The van der Waals surface area contributed by atoms with Crippen molar-refractivity contribution in [1.29, 1.82) is 0 Å². The molecule has 0 aliphatic carbocycles. The minimum absolute atomic E-state index is 0.140. The van der Waals surface area contributed by atoms with Crippen molar-refractivity contribution in [2.24, 2.45) is 0 Å². The Balaban J connectivity index is 1.61. The number of nitrogens with zero attached hydrogens (tertiary/aromatic N) is 1. The van der Waals surface area contributed by atoms with Crippen LogP contribution in [0.3, 0.4) is 0 Å². The van der Waals surface area contributed by atoms with E-state index in [1.54, 1.807) is 25.3 Å². The molecule has 3 rings (SSSR count). The van der Waals surface area contributed by atoms with Gasteiger partial charge < -0.3 is 20.7 Å². The molecule has 2 aromatic rings. The molecule has 1 fully saturated rings. The highest BCUT2D eigenvalue weighted by atomic mass is 32.2. The van der Waals surface area contributed by atoms with Crippen molar-refractivity contribution < 1.29 is 27.5 Å². The number of amides is 3. The van der Waals surface area contributed by atoms with Gasteiger partial charge in [0.15, 0.2) is 0 Å². The van der Waals surface area contributed by atoms with Crippen molar-refractivity contribution >= 4 is 33.4 Å². The Bertz CT molecular complexity index is 1190. The number of hydrogen-bond acceptors (Lipinski definition) is 6. The highest BCUT2D eigenvalue weighted by molar-refractivity contribution is 7.89. The van der Waals surface area contributed by atoms with Gasteiger partial charge in [-0.1, -0.05) is 18.2 Å². The van der Waals surface area contributed by atoms with Crippen molar-refractivity contribution in [1.82, 2.24) is 14.9 Å². The van der Waals surface area contributed by atoms with E-state index in [9.17, 15) is 22.8 Å². The number of piperidine rings is 1. The number of carbonyl (C=O) groups is 3. The predicted molar refractivity (Wildman–Crippen MR) is 135 cm³/mol. The molecule has 3 N–H and O–H groups in total. The maximum absolute atomic E-state index is 13.0. The maximum atomic E-state index is 13.0. The summed E-state index contributed by atoms with van der Waals surface area (Å²) in [5, 5.41) is 8.27. The van der Waals surface area contributed by atoms with Crippen molar-refractivity contribution in [3.8, 4) is 5.75 Å². The minimum Gasteiger partial charge on any atom is -0.496 e. The Morgan fingerprint density at radius 1 is 1.00 bits per heavy atom. The van der Waals surface area contributed by atoms with E-state index in [4.69, 9.17) is 4.74 Å². The second-order valence-electron chi connectivity index (χ2n) is 8.66. The number of anilines is 1. The van der Waals surface area contributed by atoms with Crippen molar-refractivity contribution in [2.75, 3.05) is 25.5 Å². The quantitative estimate of drug-likeness (QED) is 0.464. The summed E-state index contributed by atoms with van der Waals surface area (Å²) >= 11 is 0. The molecule has 1 saturated heterocycles. The Hall–Kier alpha value is -3.44. The molecule has 1 aliphatic rings. The lowest BCUT2D eigenvalue weighted by molar-refractivity contribution is -0.128. The predicted octanol–water partition coefficient (Wildman–Crippen LogP) is 1.67. The summed E-state index contributed by atoms with van der Waals surface area (Å²) in [6.07, 6.45) is 1.14. The summed E-state index contributed by atoms with van der Waals surface area (Å²) in [5.74, 6) is -0.260. The van der Waals surface area contributed by atoms with Crippen LogP contribution in [0.4, 0.5) is 5.69 Å². The van der Waals surface area contributed by atoms with Crippen molar-refractivity contribution in [3.05, 3.63) is 54.1 Å². The minimum atomic E-state index is -3.70. The fourth-order valence-electron chi connectivity index (χ4n) is 4.15. The number of nitrogens with one attached hydrogen (secondary N) is 3. The van der Waals surface area contributed by atoms with Gasteiger partial charge in [0.05, 0.1) is 12.0 Å². The lowest BCUT2D eigenvalue weighted by Gasteiger charge is -2.32. The van der Waals surface area contributed by atoms with Crippen LogP contribution in [0.25, 0.3) is 0 Å². The van der Waals surface area contributed by atoms with Crippen LogP contribution >= 0.6 is 0 Å². The normalized spacial score (nSPS) is 15.5.